The van der Waals surface area contributed by atoms with Gasteiger partial charge in [-0.15, -0.1) is 0 Å². The minimum atomic E-state index is -0.306. The van der Waals surface area contributed by atoms with E-state index in [4.69, 9.17) is 5.11 Å². The Labute approximate surface area is 61.4 Å². The molecule has 0 aromatic heterocycles. The van der Waals surface area contributed by atoms with Crippen LogP contribution in [-0.4, -0.2) is 11.2 Å². The van der Waals surface area contributed by atoms with Crippen LogP contribution in [0, 0.1) is 0 Å². The Bertz CT molecular complexity index is 166. The molecule has 1 aliphatic carbocycles. The third kappa shape index (κ3) is 2.65. The van der Waals surface area contributed by atoms with Crippen molar-refractivity contribution >= 4 is 0 Å². The van der Waals surface area contributed by atoms with Gasteiger partial charge in [0.25, 0.3) is 0 Å². The molecule has 1 nitrogen and oxygen atoms in total. The van der Waals surface area contributed by atoms with E-state index in [9.17, 15) is 0 Å². The normalized spacial score (nSPS) is 35.1. The van der Waals surface area contributed by atoms with Crippen molar-refractivity contribution in [2.75, 3.05) is 0 Å². The first-order valence-electron chi connectivity index (χ1n) is 3.56. The second-order valence-electron chi connectivity index (χ2n) is 2.32. The lowest BCUT2D eigenvalue weighted by Crippen LogP contribution is -1.98. The molecule has 0 radical (unpaired) electrons. The molecule has 0 amide bonds. The summed E-state index contributed by atoms with van der Waals surface area (Å²) in [7, 11) is 0. The van der Waals surface area contributed by atoms with Gasteiger partial charge in [-0.3, -0.25) is 0 Å². The zero-order chi connectivity index (χ0) is 7.23. The molecule has 0 spiro atoms. The van der Waals surface area contributed by atoms with E-state index in [-0.39, 0.29) is 6.10 Å². The minimum Gasteiger partial charge on any atom is -0.389 e. The fraction of sp³-hybridized carbons (Fsp3) is 0.333. The zero-order valence-electron chi connectivity index (χ0n) is 5.90. The van der Waals surface area contributed by atoms with Crippen LogP contribution in [0.2, 0.25) is 0 Å². The zero-order valence-corrected chi connectivity index (χ0v) is 5.90. The Morgan fingerprint density at radius 3 is 2.90 bits per heavy atom. The maximum Gasteiger partial charge on any atom is 0.0758 e. The molecule has 10 heavy (non-hydrogen) atoms. The summed E-state index contributed by atoms with van der Waals surface area (Å²) in [4.78, 5) is 0. The molecule has 0 bridgehead atoms. The molecule has 0 aliphatic heterocycles. The van der Waals surface area contributed by atoms with Crippen molar-refractivity contribution in [3.63, 3.8) is 0 Å². The standard InChI is InChI=1S/C9H12O/c10-9-7-5-3-1-2-4-6-8-9/h1,3-7,9-10H,2,8H2/b3-1-,6-4-,7-5-/t9-/m0/s1. The first-order valence-corrected chi connectivity index (χ1v) is 3.56. The van der Waals surface area contributed by atoms with Gasteiger partial charge in [0.15, 0.2) is 0 Å². The van der Waals surface area contributed by atoms with Gasteiger partial charge in [0.2, 0.25) is 0 Å². The third-order valence-electron chi connectivity index (χ3n) is 1.40. The number of aliphatic hydroxyl groups is 1. The lowest BCUT2D eigenvalue weighted by Gasteiger charge is -1.97. The van der Waals surface area contributed by atoms with Crippen LogP contribution in [0.15, 0.2) is 36.5 Å². The molecule has 0 heterocycles. The maximum absolute atomic E-state index is 9.17. The molecule has 0 saturated heterocycles. The summed E-state index contributed by atoms with van der Waals surface area (Å²) in [5.41, 5.74) is 0. The smallest absolute Gasteiger partial charge is 0.0758 e. The number of allylic oxidation sites excluding steroid dienone is 4. The lowest BCUT2D eigenvalue weighted by molar-refractivity contribution is 0.227. The highest BCUT2D eigenvalue weighted by atomic mass is 16.3. The minimum absolute atomic E-state index is 0.306. The average molecular weight is 136 g/mol. The Morgan fingerprint density at radius 2 is 2.00 bits per heavy atom. The van der Waals surface area contributed by atoms with E-state index in [1.165, 1.54) is 0 Å². The van der Waals surface area contributed by atoms with Gasteiger partial charge < -0.3 is 5.11 Å². The van der Waals surface area contributed by atoms with E-state index < -0.39 is 0 Å². The highest BCUT2D eigenvalue weighted by molar-refractivity contribution is 5.09. The van der Waals surface area contributed by atoms with E-state index in [1.54, 1.807) is 6.08 Å². The molecule has 0 fully saturated rings. The molecule has 1 aliphatic rings. The molecule has 1 heteroatoms. The van der Waals surface area contributed by atoms with Crippen LogP contribution < -0.4 is 0 Å². The first-order chi connectivity index (χ1) is 4.89. The van der Waals surface area contributed by atoms with Crippen LogP contribution in [0.4, 0.5) is 0 Å². The van der Waals surface area contributed by atoms with Crippen molar-refractivity contribution in [2.24, 2.45) is 0 Å². The predicted octanol–water partition coefficient (Wildman–Crippen LogP) is 1.81. The molecule has 0 unspecified atom stereocenters. The average Bonchev–Trinajstić information content (AvgIpc) is 2.02. The number of hydrogen-bond donors (Lipinski definition) is 1. The summed E-state index contributed by atoms with van der Waals surface area (Å²) < 4.78 is 0. The Morgan fingerprint density at radius 1 is 1.10 bits per heavy atom. The lowest BCUT2D eigenvalue weighted by atomic mass is 10.2. The van der Waals surface area contributed by atoms with E-state index in [0.29, 0.717) is 0 Å². The number of hydrogen-bond acceptors (Lipinski definition) is 1. The van der Waals surface area contributed by atoms with Crippen LogP contribution in [0.5, 0.6) is 0 Å². The highest BCUT2D eigenvalue weighted by Crippen LogP contribution is 1.99. The van der Waals surface area contributed by atoms with Gasteiger partial charge in [-0.1, -0.05) is 36.5 Å². The summed E-state index contributed by atoms with van der Waals surface area (Å²) >= 11 is 0. The van der Waals surface area contributed by atoms with Crippen LogP contribution in [0.25, 0.3) is 0 Å². The van der Waals surface area contributed by atoms with Crippen LogP contribution in [-0.2, 0) is 0 Å². The van der Waals surface area contributed by atoms with Gasteiger partial charge in [0, 0.05) is 0 Å². The third-order valence-corrected chi connectivity index (χ3v) is 1.40. The molecule has 54 valence electrons. The Balaban J connectivity index is 2.54. The summed E-state index contributed by atoms with van der Waals surface area (Å²) in [6, 6.07) is 0. The van der Waals surface area contributed by atoms with Gasteiger partial charge in [0.05, 0.1) is 6.10 Å². The Kier molecular flexibility index (Phi) is 2.97. The fourth-order valence-corrected chi connectivity index (χ4v) is 0.839. The van der Waals surface area contributed by atoms with Crippen molar-refractivity contribution in [1.82, 2.24) is 0 Å². The molecule has 1 rings (SSSR count). The maximum atomic E-state index is 9.17. The van der Waals surface area contributed by atoms with Crippen LogP contribution in [0.1, 0.15) is 12.8 Å². The molecule has 0 saturated carbocycles. The van der Waals surface area contributed by atoms with Gasteiger partial charge in [-0.25, -0.2) is 0 Å². The van der Waals surface area contributed by atoms with Gasteiger partial charge in [0.1, 0.15) is 0 Å². The van der Waals surface area contributed by atoms with Gasteiger partial charge >= 0.3 is 0 Å². The van der Waals surface area contributed by atoms with Crippen molar-refractivity contribution in [3.05, 3.63) is 36.5 Å². The van der Waals surface area contributed by atoms with E-state index >= 15 is 0 Å². The monoisotopic (exact) mass is 136 g/mol. The van der Waals surface area contributed by atoms with Crippen molar-refractivity contribution < 1.29 is 5.11 Å². The predicted molar refractivity (Wildman–Crippen MR) is 42.7 cm³/mol. The van der Waals surface area contributed by atoms with E-state index in [1.807, 2.05) is 18.2 Å². The van der Waals surface area contributed by atoms with E-state index in [0.717, 1.165) is 12.8 Å². The molecule has 0 aromatic rings. The van der Waals surface area contributed by atoms with Crippen molar-refractivity contribution in [2.45, 2.75) is 18.9 Å². The molecular formula is C9H12O. The molecule has 1 N–H and O–H groups in total. The SMILES string of the molecule is O[C@H]1/C=C\C=C/C/C=C\C1. The van der Waals surface area contributed by atoms with Crippen LogP contribution in [0.3, 0.4) is 0 Å². The molecule has 0 aromatic carbocycles. The summed E-state index contributed by atoms with van der Waals surface area (Å²) in [6.07, 6.45) is 13.2. The number of rotatable bonds is 0. The largest absolute Gasteiger partial charge is 0.389 e. The van der Waals surface area contributed by atoms with Crippen LogP contribution >= 0.6 is 0 Å². The fourth-order valence-electron chi connectivity index (χ4n) is 0.839. The molecular weight excluding hydrogens is 124 g/mol. The summed E-state index contributed by atoms with van der Waals surface area (Å²) in [5, 5.41) is 9.17. The van der Waals surface area contributed by atoms with Gasteiger partial charge in [-0.05, 0) is 12.8 Å². The second kappa shape index (κ2) is 4.07. The molecule has 1 atom stereocenters. The first kappa shape index (κ1) is 7.29. The quantitative estimate of drug-likeness (QED) is 0.503. The summed E-state index contributed by atoms with van der Waals surface area (Å²) in [6.45, 7) is 0. The number of aliphatic hydroxyl groups excluding tert-OH is 1. The van der Waals surface area contributed by atoms with E-state index in [2.05, 4.69) is 12.2 Å². The summed E-state index contributed by atoms with van der Waals surface area (Å²) in [5.74, 6) is 0. The highest BCUT2D eigenvalue weighted by Gasteiger charge is 1.93. The second-order valence-corrected chi connectivity index (χ2v) is 2.32. The van der Waals surface area contributed by atoms with Crippen molar-refractivity contribution in [1.29, 1.82) is 0 Å². The topological polar surface area (TPSA) is 20.2 Å². The Hall–Kier alpha value is -0.820. The van der Waals surface area contributed by atoms with Gasteiger partial charge in [-0.2, -0.15) is 0 Å². The van der Waals surface area contributed by atoms with Crippen molar-refractivity contribution in [3.8, 4) is 0 Å².